The third-order valence-electron chi connectivity index (χ3n) is 2.51. The van der Waals surface area contributed by atoms with Crippen LogP contribution < -0.4 is 0 Å². The van der Waals surface area contributed by atoms with E-state index in [4.69, 9.17) is 0 Å². The molecule has 0 unspecified atom stereocenters. The van der Waals surface area contributed by atoms with Crippen LogP contribution in [0.15, 0.2) is 24.3 Å². The van der Waals surface area contributed by atoms with Gasteiger partial charge in [0.25, 0.3) is 0 Å². The van der Waals surface area contributed by atoms with Gasteiger partial charge in [-0.3, -0.25) is 4.79 Å². The topological polar surface area (TPSA) is 17.1 Å². The van der Waals surface area contributed by atoms with E-state index in [-0.39, 0.29) is 0 Å². The van der Waals surface area contributed by atoms with Crippen molar-refractivity contribution in [2.24, 2.45) is 0 Å². The fourth-order valence-electron chi connectivity index (χ4n) is 1.93. The Morgan fingerprint density at radius 2 is 2.23 bits per heavy atom. The molecule has 0 aliphatic heterocycles. The first-order chi connectivity index (χ1) is 6.42. The van der Waals surface area contributed by atoms with Crippen molar-refractivity contribution >= 4 is 12.4 Å². The number of allylic oxidation sites excluding steroid dienone is 1. The average Bonchev–Trinajstić information content (AvgIpc) is 2.62. The first-order valence-electron chi connectivity index (χ1n) is 4.57. The Morgan fingerprint density at radius 3 is 3.08 bits per heavy atom. The highest BCUT2D eigenvalue weighted by Gasteiger charge is 2.12. The van der Waals surface area contributed by atoms with Crippen LogP contribution in [0.4, 0.5) is 0 Å². The Morgan fingerprint density at radius 1 is 1.31 bits per heavy atom. The molecule has 0 saturated heterocycles. The highest BCUT2D eigenvalue weighted by molar-refractivity contribution is 5.75. The molecule has 0 aromatic heterocycles. The summed E-state index contributed by atoms with van der Waals surface area (Å²) in [6, 6.07) is 6.27. The Kier molecular flexibility index (Phi) is 2.26. The van der Waals surface area contributed by atoms with Crippen LogP contribution in [0.1, 0.15) is 23.1 Å². The summed E-state index contributed by atoms with van der Waals surface area (Å²) in [5.74, 6) is 0. The Balaban J connectivity index is 2.41. The standard InChI is InChI=1S/C12H11O/c13-9-3-7-11-5-1-4-10-6-2-8-12(10)11/h1,3-5,7H,2,6,8H2. The van der Waals surface area contributed by atoms with Gasteiger partial charge < -0.3 is 0 Å². The molecule has 0 saturated carbocycles. The van der Waals surface area contributed by atoms with Crippen molar-refractivity contribution < 1.29 is 4.79 Å². The molecule has 0 bridgehead atoms. The second-order valence-electron chi connectivity index (χ2n) is 3.29. The molecule has 1 aliphatic carbocycles. The largest absolute Gasteiger partial charge is 0.286 e. The van der Waals surface area contributed by atoms with Crippen LogP contribution in [-0.2, 0) is 17.6 Å². The van der Waals surface area contributed by atoms with E-state index in [1.54, 1.807) is 6.29 Å². The van der Waals surface area contributed by atoms with Crippen molar-refractivity contribution in [2.45, 2.75) is 19.3 Å². The van der Waals surface area contributed by atoms with E-state index < -0.39 is 0 Å². The van der Waals surface area contributed by atoms with Gasteiger partial charge in [-0.2, -0.15) is 0 Å². The maximum Gasteiger partial charge on any atom is 0.225 e. The lowest BCUT2D eigenvalue weighted by molar-refractivity contribution is 0.564. The van der Waals surface area contributed by atoms with Gasteiger partial charge >= 0.3 is 0 Å². The lowest BCUT2D eigenvalue weighted by Crippen LogP contribution is -1.86. The highest BCUT2D eigenvalue weighted by atomic mass is 16.1. The van der Waals surface area contributed by atoms with Crippen LogP contribution >= 0.6 is 0 Å². The molecule has 1 nitrogen and oxygen atoms in total. The van der Waals surface area contributed by atoms with Crippen LogP contribution in [0, 0.1) is 0 Å². The predicted molar refractivity (Wildman–Crippen MR) is 53.2 cm³/mol. The number of fused-ring (bicyclic) bond motifs is 1. The first-order valence-corrected chi connectivity index (χ1v) is 4.57. The molecular formula is C12H11O. The quantitative estimate of drug-likeness (QED) is 0.624. The number of carbonyl (C=O) groups excluding carboxylic acids is 1. The van der Waals surface area contributed by atoms with Gasteiger partial charge in [-0.15, -0.1) is 0 Å². The summed E-state index contributed by atoms with van der Waals surface area (Å²) in [5, 5.41) is 0. The van der Waals surface area contributed by atoms with Gasteiger partial charge in [0, 0.05) is 0 Å². The van der Waals surface area contributed by atoms with Crippen LogP contribution in [0.25, 0.3) is 6.08 Å². The van der Waals surface area contributed by atoms with E-state index in [1.165, 1.54) is 35.6 Å². The van der Waals surface area contributed by atoms with E-state index in [0.29, 0.717) is 0 Å². The monoisotopic (exact) mass is 171 g/mol. The van der Waals surface area contributed by atoms with Gasteiger partial charge in [-0.25, -0.2) is 0 Å². The number of hydrogen-bond donors (Lipinski definition) is 0. The molecule has 13 heavy (non-hydrogen) atoms. The predicted octanol–water partition coefficient (Wildman–Crippen LogP) is 2.30. The van der Waals surface area contributed by atoms with E-state index >= 15 is 0 Å². The van der Waals surface area contributed by atoms with Gasteiger partial charge in [-0.1, -0.05) is 24.3 Å². The van der Waals surface area contributed by atoms with Crippen molar-refractivity contribution in [1.29, 1.82) is 0 Å². The van der Waals surface area contributed by atoms with Gasteiger partial charge in [0.2, 0.25) is 6.29 Å². The normalized spacial score (nSPS) is 14.8. The van der Waals surface area contributed by atoms with Gasteiger partial charge in [-0.05, 0) is 42.0 Å². The minimum Gasteiger partial charge on any atom is -0.286 e. The second kappa shape index (κ2) is 3.56. The molecule has 0 amide bonds. The summed E-state index contributed by atoms with van der Waals surface area (Å²) in [5.41, 5.74) is 4.03. The Labute approximate surface area is 78.1 Å². The lowest BCUT2D eigenvalue weighted by atomic mass is 10.0. The fourth-order valence-corrected chi connectivity index (χ4v) is 1.93. The molecule has 1 aromatic carbocycles. The van der Waals surface area contributed by atoms with Gasteiger partial charge in [0.1, 0.15) is 0 Å². The maximum absolute atomic E-state index is 10.1. The first kappa shape index (κ1) is 8.24. The molecule has 1 heteroatoms. The van der Waals surface area contributed by atoms with Crippen molar-refractivity contribution in [3.05, 3.63) is 41.0 Å². The smallest absolute Gasteiger partial charge is 0.225 e. The van der Waals surface area contributed by atoms with Crippen LogP contribution in [0.5, 0.6) is 0 Å². The fraction of sp³-hybridized carbons (Fsp3) is 0.250. The molecule has 1 radical (unpaired) electrons. The van der Waals surface area contributed by atoms with E-state index in [0.717, 1.165) is 6.42 Å². The minimum absolute atomic E-state index is 1.15. The zero-order chi connectivity index (χ0) is 9.10. The number of rotatable bonds is 2. The number of benzene rings is 1. The zero-order valence-electron chi connectivity index (χ0n) is 7.42. The Hall–Kier alpha value is -1.37. The second-order valence-corrected chi connectivity index (χ2v) is 3.29. The van der Waals surface area contributed by atoms with Crippen LogP contribution in [0.3, 0.4) is 0 Å². The molecule has 65 valence electrons. The van der Waals surface area contributed by atoms with Crippen molar-refractivity contribution in [1.82, 2.24) is 0 Å². The zero-order valence-corrected chi connectivity index (χ0v) is 7.42. The molecule has 2 rings (SSSR count). The van der Waals surface area contributed by atoms with E-state index in [1.807, 2.05) is 6.08 Å². The van der Waals surface area contributed by atoms with Crippen molar-refractivity contribution in [3.63, 3.8) is 0 Å². The maximum atomic E-state index is 10.1. The molecule has 0 atom stereocenters. The van der Waals surface area contributed by atoms with Crippen LogP contribution in [-0.4, -0.2) is 6.29 Å². The highest BCUT2D eigenvalue weighted by Crippen LogP contribution is 2.25. The van der Waals surface area contributed by atoms with Crippen LogP contribution in [0.2, 0.25) is 0 Å². The summed E-state index contributed by atoms with van der Waals surface area (Å²) in [4.78, 5) is 10.1. The summed E-state index contributed by atoms with van der Waals surface area (Å²) in [6.07, 6.45) is 8.63. The molecule has 0 N–H and O–H groups in total. The van der Waals surface area contributed by atoms with E-state index in [9.17, 15) is 4.79 Å². The molecule has 0 fully saturated rings. The third kappa shape index (κ3) is 1.55. The summed E-state index contributed by atoms with van der Waals surface area (Å²) in [6.45, 7) is 0. The molecular weight excluding hydrogens is 160 g/mol. The summed E-state index contributed by atoms with van der Waals surface area (Å²) in [7, 11) is 0. The van der Waals surface area contributed by atoms with Gasteiger partial charge in [0.05, 0.1) is 0 Å². The molecule has 0 spiro atoms. The summed E-state index contributed by atoms with van der Waals surface area (Å²) >= 11 is 0. The van der Waals surface area contributed by atoms with Gasteiger partial charge in [0.15, 0.2) is 0 Å². The SMILES string of the molecule is O=[C]C=Cc1cccc2c1CCC2. The molecule has 1 aliphatic rings. The van der Waals surface area contributed by atoms with Crippen molar-refractivity contribution in [3.8, 4) is 0 Å². The van der Waals surface area contributed by atoms with Crippen molar-refractivity contribution in [2.75, 3.05) is 0 Å². The average molecular weight is 171 g/mol. The minimum atomic E-state index is 1.15. The Bertz CT molecular complexity index is 350. The molecule has 0 heterocycles. The number of hydrogen-bond acceptors (Lipinski definition) is 1. The summed E-state index contributed by atoms with van der Waals surface area (Å²) < 4.78 is 0. The number of aryl methyl sites for hydroxylation is 1. The van der Waals surface area contributed by atoms with E-state index in [2.05, 4.69) is 18.2 Å². The third-order valence-corrected chi connectivity index (χ3v) is 2.51. The lowest BCUT2D eigenvalue weighted by Gasteiger charge is -2.02. The molecule has 1 aromatic rings.